The first-order chi connectivity index (χ1) is 9.52. The lowest BCUT2D eigenvalue weighted by molar-refractivity contribution is 0.341. The maximum Gasteiger partial charge on any atom is 0.246 e. The molecular weight excluding hydrogens is 278 g/mol. The summed E-state index contributed by atoms with van der Waals surface area (Å²) in [4.78, 5) is 0.222. The van der Waals surface area contributed by atoms with E-state index in [2.05, 4.69) is 0 Å². The number of piperidine rings is 1. The SMILES string of the molecule is COc1ccc(S(=O)(=O)N2CCCCC2)c(OC)c1C. The quantitative estimate of drug-likeness (QED) is 0.855. The second-order valence-electron chi connectivity index (χ2n) is 4.89. The summed E-state index contributed by atoms with van der Waals surface area (Å²) in [6.07, 6.45) is 2.91. The van der Waals surface area contributed by atoms with Gasteiger partial charge in [0.25, 0.3) is 0 Å². The van der Waals surface area contributed by atoms with Gasteiger partial charge in [-0.15, -0.1) is 0 Å². The van der Waals surface area contributed by atoms with Crippen LogP contribution in [0.25, 0.3) is 0 Å². The molecule has 5 nitrogen and oxygen atoms in total. The highest BCUT2D eigenvalue weighted by molar-refractivity contribution is 7.89. The van der Waals surface area contributed by atoms with Crippen LogP contribution in [0.2, 0.25) is 0 Å². The van der Waals surface area contributed by atoms with Crippen LogP contribution in [-0.2, 0) is 10.0 Å². The van der Waals surface area contributed by atoms with Gasteiger partial charge in [-0.05, 0) is 31.9 Å². The molecule has 0 saturated carbocycles. The van der Waals surface area contributed by atoms with Gasteiger partial charge in [-0.1, -0.05) is 6.42 Å². The summed E-state index contributed by atoms with van der Waals surface area (Å²) in [5.74, 6) is 0.995. The van der Waals surface area contributed by atoms with Gasteiger partial charge < -0.3 is 9.47 Å². The molecule has 0 amide bonds. The Morgan fingerprint density at radius 3 is 2.25 bits per heavy atom. The zero-order valence-electron chi connectivity index (χ0n) is 12.2. The Bertz CT molecular complexity index is 577. The zero-order valence-corrected chi connectivity index (χ0v) is 13.0. The van der Waals surface area contributed by atoms with Crippen LogP contribution in [0.1, 0.15) is 24.8 Å². The summed E-state index contributed by atoms with van der Waals surface area (Å²) >= 11 is 0. The predicted octanol–water partition coefficient (Wildman–Crippen LogP) is 2.19. The van der Waals surface area contributed by atoms with Crippen LogP contribution >= 0.6 is 0 Å². The smallest absolute Gasteiger partial charge is 0.246 e. The molecule has 1 aromatic rings. The van der Waals surface area contributed by atoms with Gasteiger partial charge in [0, 0.05) is 18.7 Å². The highest BCUT2D eigenvalue weighted by Crippen LogP contribution is 2.36. The first kappa shape index (κ1) is 15.1. The molecule has 0 unspecified atom stereocenters. The standard InChI is InChI=1S/C14H21NO4S/c1-11-12(18-2)7-8-13(14(11)19-3)20(16,17)15-9-5-4-6-10-15/h7-8H,4-6,9-10H2,1-3H3. The van der Waals surface area contributed by atoms with E-state index in [1.807, 2.05) is 0 Å². The molecule has 112 valence electrons. The number of hydrogen-bond acceptors (Lipinski definition) is 4. The van der Waals surface area contributed by atoms with Gasteiger partial charge in [-0.3, -0.25) is 0 Å². The summed E-state index contributed by atoms with van der Waals surface area (Å²) in [6, 6.07) is 3.24. The van der Waals surface area contributed by atoms with E-state index in [0.717, 1.165) is 19.3 Å². The Hall–Kier alpha value is -1.27. The molecule has 0 aliphatic carbocycles. The molecule has 1 fully saturated rings. The fourth-order valence-electron chi connectivity index (χ4n) is 2.57. The van der Waals surface area contributed by atoms with E-state index in [4.69, 9.17) is 9.47 Å². The Balaban J connectivity index is 2.48. The maximum atomic E-state index is 12.7. The van der Waals surface area contributed by atoms with E-state index >= 15 is 0 Å². The second-order valence-corrected chi connectivity index (χ2v) is 6.80. The van der Waals surface area contributed by atoms with Crippen molar-refractivity contribution in [2.24, 2.45) is 0 Å². The molecule has 1 saturated heterocycles. The number of nitrogens with zero attached hydrogens (tertiary/aromatic N) is 1. The first-order valence-electron chi connectivity index (χ1n) is 6.74. The number of hydrogen-bond donors (Lipinski definition) is 0. The van der Waals surface area contributed by atoms with Crippen LogP contribution in [0.15, 0.2) is 17.0 Å². The van der Waals surface area contributed by atoms with E-state index in [-0.39, 0.29) is 4.90 Å². The van der Waals surface area contributed by atoms with Gasteiger partial charge in [0.2, 0.25) is 10.0 Å². The average molecular weight is 299 g/mol. The number of ether oxygens (including phenoxy) is 2. The summed E-state index contributed by atoms with van der Waals surface area (Å²) in [5, 5.41) is 0. The molecule has 0 N–H and O–H groups in total. The van der Waals surface area contributed by atoms with E-state index in [9.17, 15) is 8.42 Å². The Morgan fingerprint density at radius 2 is 1.70 bits per heavy atom. The summed E-state index contributed by atoms with van der Waals surface area (Å²) in [6.45, 7) is 2.96. The normalized spacial score (nSPS) is 16.9. The van der Waals surface area contributed by atoms with Crippen molar-refractivity contribution < 1.29 is 17.9 Å². The third-order valence-electron chi connectivity index (χ3n) is 3.68. The predicted molar refractivity (Wildman–Crippen MR) is 76.9 cm³/mol. The third-order valence-corrected chi connectivity index (χ3v) is 5.60. The molecule has 0 aromatic heterocycles. The highest BCUT2D eigenvalue weighted by atomic mass is 32.2. The number of benzene rings is 1. The minimum Gasteiger partial charge on any atom is -0.496 e. The summed E-state index contributed by atoms with van der Waals surface area (Å²) < 4.78 is 37.5. The van der Waals surface area contributed by atoms with Crippen molar-refractivity contribution in [1.82, 2.24) is 4.31 Å². The van der Waals surface area contributed by atoms with E-state index < -0.39 is 10.0 Å². The number of sulfonamides is 1. The topological polar surface area (TPSA) is 55.8 Å². The van der Waals surface area contributed by atoms with Gasteiger partial charge in [0.15, 0.2) is 0 Å². The monoisotopic (exact) mass is 299 g/mol. The lowest BCUT2D eigenvalue weighted by Gasteiger charge is -2.27. The number of methoxy groups -OCH3 is 2. The molecular formula is C14H21NO4S. The molecule has 0 spiro atoms. The van der Waals surface area contributed by atoms with Crippen LogP contribution in [0.3, 0.4) is 0 Å². The molecule has 6 heteroatoms. The lowest BCUT2D eigenvalue weighted by atomic mass is 10.2. The molecule has 0 bridgehead atoms. The molecule has 1 heterocycles. The fourth-order valence-corrected chi connectivity index (χ4v) is 4.30. The zero-order chi connectivity index (χ0) is 14.8. The molecule has 2 rings (SSSR count). The Morgan fingerprint density at radius 1 is 1.05 bits per heavy atom. The van der Waals surface area contributed by atoms with Crippen molar-refractivity contribution in [3.63, 3.8) is 0 Å². The van der Waals surface area contributed by atoms with E-state index in [0.29, 0.717) is 30.2 Å². The minimum absolute atomic E-state index is 0.222. The van der Waals surface area contributed by atoms with E-state index in [1.54, 1.807) is 30.5 Å². The van der Waals surface area contributed by atoms with Gasteiger partial charge in [-0.2, -0.15) is 4.31 Å². The molecule has 1 aliphatic heterocycles. The van der Waals surface area contributed by atoms with Crippen molar-refractivity contribution in [1.29, 1.82) is 0 Å². The molecule has 0 atom stereocenters. The van der Waals surface area contributed by atoms with Crippen LogP contribution in [-0.4, -0.2) is 40.0 Å². The minimum atomic E-state index is -3.50. The second kappa shape index (κ2) is 6.01. The van der Waals surface area contributed by atoms with Crippen molar-refractivity contribution >= 4 is 10.0 Å². The Kier molecular flexibility index (Phi) is 4.55. The summed E-state index contributed by atoms with van der Waals surface area (Å²) in [5.41, 5.74) is 0.702. The van der Waals surface area contributed by atoms with Crippen LogP contribution in [0.4, 0.5) is 0 Å². The fraction of sp³-hybridized carbons (Fsp3) is 0.571. The van der Waals surface area contributed by atoms with Gasteiger partial charge in [0.05, 0.1) is 14.2 Å². The van der Waals surface area contributed by atoms with Crippen molar-refractivity contribution in [3.05, 3.63) is 17.7 Å². The molecule has 0 radical (unpaired) electrons. The molecule has 20 heavy (non-hydrogen) atoms. The lowest BCUT2D eigenvalue weighted by Crippen LogP contribution is -2.35. The molecule has 1 aliphatic rings. The average Bonchev–Trinajstić information content (AvgIpc) is 2.47. The maximum absolute atomic E-state index is 12.7. The van der Waals surface area contributed by atoms with Crippen molar-refractivity contribution in [3.8, 4) is 11.5 Å². The van der Waals surface area contributed by atoms with Crippen LogP contribution < -0.4 is 9.47 Å². The summed E-state index contributed by atoms with van der Waals surface area (Å²) in [7, 11) is -0.460. The van der Waals surface area contributed by atoms with Crippen molar-refractivity contribution in [2.45, 2.75) is 31.1 Å². The highest BCUT2D eigenvalue weighted by Gasteiger charge is 2.30. The third kappa shape index (κ3) is 2.62. The first-order valence-corrected chi connectivity index (χ1v) is 8.18. The van der Waals surface area contributed by atoms with Crippen molar-refractivity contribution in [2.75, 3.05) is 27.3 Å². The van der Waals surface area contributed by atoms with Gasteiger partial charge >= 0.3 is 0 Å². The largest absolute Gasteiger partial charge is 0.496 e. The van der Waals surface area contributed by atoms with Gasteiger partial charge in [-0.25, -0.2) is 8.42 Å². The van der Waals surface area contributed by atoms with E-state index in [1.165, 1.54) is 7.11 Å². The number of rotatable bonds is 4. The van der Waals surface area contributed by atoms with Crippen LogP contribution in [0, 0.1) is 6.92 Å². The van der Waals surface area contributed by atoms with Gasteiger partial charge in [0.1, 0.15) is 16.4 Å². The molecule has 1 aromatic carbocycles. The van der Waals surface area contributed by atoms with Crippen LogP contribution in [0.5, 0.6) is 11.5 Å². The Labute approximate surface area is 120 Å².